The zero-order valence-electron chi connectivity index (χ0n) is 12.7. The third-order valence-electron chi connectivity index (χ3n) is 2.63. The van der Waals surface area contributed by atoms with Crippen LogP contribution in [0.3, 0.4) is 0 Å². The summed E-state index contributed by atoms with van der Waals surface area (Å²) < 4.78 is 20.2. The minimum absolute atomic E-state index is 0.378. The van der Waals surface area contributed by atoms with Gasteiger partial charge in [-0.1, -0.05) is 4.40 Å². The molecule has 0 aliphatic carbocycles. The molecule has 5 nitrogen and oxygen atoms in total. The van der Waals surface area contributed by atoms with Gasteiger partial charge in [-0.3, -0.25) is 4.98 Å². The first-order valence-electron chi connectivity index (χ1n) is 6.52. The van der Waals surface area contributed by atoms with E-state index in [2.05, 4.69) is 18.7 Å². The molecule has 2 aromatic heterocycles. The summed E-state index contributed by atoms with van der Waals surface area (Å²) in [6.45, 7) is 9.42. The average Bonchev–Trinajstić information content (AvgIpc) is 2.87. The maximum absolute atomic E-state index is 12.0. The molecule has 1 unspecified atom stereocenters. The van der Waals surface area contributed by atoms with Crippen LogP contribution in [-0.2, 0) is 11.4 Å². The molecule has 0 N–H and O–H groups in total. The SMILES string of the molecule is CC(=N[S+]([O-])C(C)(C)C)c1nc(-c2ccnc(C)c2)ns1. The number of nitrogens with zero attached hydrogens (tertiary/aromatic N) is 4. The predicted octanol–water partition coefficient (Wildman–Crippen LogP) is 3.18. The lowest BCUT2D eigenvalue weighted by atomic mass is 10.2. The van der Waals surface area contributed by atoms with Crippen LogP contribution in [0.2, 0.25) is 0 Å². The highest BCUT2D eigenvalue weighted by molar-refractivity contribution is 7.91. The zero-order chi connectivity index (χ0) is 15.6. The lowest BCUT2D eigenvalue weighted by Gasteiger charge is -2.18. The molecule has 2 heterocycles. The highest BCUT2D eigenvalue weighted by Crippen LogP contribution is 2.21. The molecular formula is C14H18N4OS2. The highest BCUT2D eigenvalue weighted by atomic mass is 32.2. The van der Waals surface area contributed by atoms with Crippen molar-refractivity contribution < 1.29 is 4.55 Å². The van der Waals surface area contributed by atoms with Gasteiger partial charge in [-0.25, -0.2) is 4.98 Å². The Kier molecular flexibility index (Phi) is 4.75. The number of aryl methyl sites for hydroxylation is 1. The van der Waals surface area contributed by atoms with Crippen LogP contribution in [0.25, 0.3) is 11.4 Å². The molecule has 0 saturated carbocycles. The van der Waals surface area contributed by atoms with Gasteiger partial charge in [-0.05, 0) is 58.3 Å². The van der Waals surface area contributed by atoms with E-state index in [9.17, 15) is 4.55 Å². The van der Waals surface area contributed by atoms with Gasteiger partial charge in [0.25, 0.3) is 0 Å². The summed E-state index contributed by atoms with van der Waals surface area (Å²) in [7, 11) is 0. The molecule has 0 fully saturated rings. The van der Waals surface area contributed by atoms with Crippen molar-refractivity contribution in [1.29, 1.82) is 0 Å². The molecule has 0 spiro atoms. The van der Waals surface area contributed by atoms with Crippen molar-refractivity contribution in [2.45, 2.75) is 39.4 Å². The van der Waals surface area contributed by atoms with Crippen LogP contribution in [0.15, 0.2) is 22.7 Å². The summed E-state index contributed by atoms with van der Waals surface area (Å²) in [6.07, 6.45) is 1.74. The molecule has 1 atom stereocenters. The molecule has 0 bridgehead atoms. The van der Waals surface area contributed by atoms with Crippen LogP contribution < -0.4 is 0 Å². The first-order chi connectivity index (χ1) is 9.77. The summed E-state index contributed by atoms with van der Waals surface area (Å²) >= 11 is -0.0257. The molecule has 0 aliphatic heterocycles. The average molecular weight is 322 g/mol. The summed E-state index contributed by atoms with van der Waals surface area (Å²) in [6, 6.07) is 3.81. The van der Waals surface area contributed by atoms with Gasteiger partial charge in [-0.2, -0.15) is 4.37 Å². The zero-order valence-corrected chi connectivity index (χ0v) is 14.4. The van der Waals surface area contributed by atoms with Crippen molar-refractivity contribution >= 4 is 28.6 Å². The van der Waals surface area contributed by atoms with E-state index in [0.717, 1.165) is 11.3 Å². The number of hydrogen-bond acceptors (Lipinski definition) is 6. The molecule has 0 saturated heterocycles. The monoisotopic (exact) mass is 322 g/mol. The van der Waals surface area contributed by atoms with Crippen molar-refractivity contribution in [2.75, 3.05) is 0 Å². The summed E-state index contributed by atoms with van der Waals surface area (Å²) in [4.78, 5) is 8.63. The van der Waals surface area contributed by atoms with E-state index in [4.69, 9.17) is 0 Å². The lowest BCUT2D eigenvalue weighted by molar-refractivity contribution is 0.561. The van der Waals surface area contributed by atoms with E-state index in [1.165, 1.54) is 11.5 Å². The molecule has 0 aromatic carbocycles. The molecule has 2 rings (SSSR count). The van der Waals surface area contributed by atoms with Gasteiger partial charge in [0.2, 0.25) is 0 Å². The molecule has 0 amide bonds. The maximum atomic E-state index is 12.0. The molecular weight excluding hydrogens is 304 g/mol. The maximum Gasteiger partial charge on any atom is 0.173 e. The number of hydrogen-bond donors (Lipinski definition) is 0. The summed E-state index contributed by atoms with van der Waals surface area (Å²) in [5.74, 6) is 0.650. The van der Waals surface area contributed by atoms with Gasteiger partial charge in [0.05, 0.1) is 0 Å². The van der Waals surface area contributed by atoms with Crippen molar-refractivity contribution in [3.05, 3.63) is 29.0 Å². The molecule has 0 aliphatic rings. The largest absolute Gasteiger partial charge is 0.591 e. The van der Waals surface area contributed by atoms with Gasteiger partial charge in [0.1, 0.15) is 21.8 Å². The van der Waals surface area contributed by atoms with Crippen LogP contribution in [0, 0.1) is 6.92 Å². The van der Waals surface area contributed by atoms with Crippen LogP contribution in [0.1, 0.15) is 38.4 Å². The van der Waals surface area contributed by atoms with Gasteiger partial charge >= 0.3 is 0 Å². The van der Waals surface area contributed by atoms with Crippen molar-refractivity contribution in [2.24, 2.45) is 4.40 Å². The van der Waals surface area contributed by atoms with Crippen molar-refractivity contribution in [3.8, 4) is 11.4 Å². The Hall–Kier alpha value is -1.31. The van der Waals surface area contributed by atoms with E-state index in [1.807, 2.05) is 46.8 Å². The Labute approximate surface area is 132 Å². The van der Waals surface area contributed by atoms with Crippen molar-refractivity contribution in [1.82, 2.24) is 14.3 Å². The minimum Gasteiger partial charge on any atom is -0.591 e. The van der Waals surface area contributed by atoms with Gasteiger partial charge in [-0.15, -0.1) is 0 Å². The van der Waals surface area contributed by atoms with Gasteiger partial charge in [0.15, 0.2) is 10.8 Å². The fourth-order valence-corrected chi connectivity index (χ4v) is 2.76. The van der Waals surface area contributed by atoms with Gasteiger partial charge in [0, 0.05) is 17.5 Å². The normalized spacial score (nSPS) is 14.3. The van der Waals surface area contributed by atoms with Crippen molar-refractivity contribution in [3.63, 3.8) is 0 Å². The Morgan fingerprint density at radius 2 is 2.10 bits per heavy atom. The molecule has 2 aromatic rings. The Morgan fingerprint density at radius 3 is 2.71 bits per heavy atom. The first kappa shape index (κ1) is 16.1. The summed E-state index contributed by atoms with van der Waals surface area (Å²) in [5.41, 5.74) is 2.50. The highest BCUT2D eigenvalue weighted by Gasteiger charge is 2.27. The van der Waals surface area contributed by atoms with Crippen LogP contribution in [0.4, 0.5) is 0 Å². The quantitative estimate of drug-likeness (QED) is 0.642. The van der Waals surface area contributed by atoms with E-state index in [-0.39, 0.29) is 4.75 Å². The molecule has 7 heteroatoms. The first-order valence-corrected chi connectivity index (χ1v) is 8.40. The standard InChI is InChI=1S/C14H18N4OS2/c1-9-8-11(6-7-15-9)12-16-13(20-17-12)10(2)18-21(19)14(3,4)5/h6-8H,1-5H3. The van der Waals surface area contributed by atoms with E-state index < -0.39 is 11.4 Å². The third kappa shape index (κ3) is 4.09. The second-order valence-electron chi connectivity index (χ2n) is 5.65. The van der Waals surface area contributed by atoms with Gasteiger partial charge < -0.3 is 4.55 Å². The Morgan fingerprint density at radius 1 is 1.38 bits per heavy atom. The fourth-order valence-electron chi connectivity index (χ4n) is 1.47. The third-order valence-corrected chi connectivity index (χ3v) is 4.95. The topological polar surface area (TPSA) is 74.1 Å². The Balaban J connectivity index is 2.26. The van der Waals surface area contributed by atoms with E-state index in [1.54, 1.807) is 6.20 Å². The van der Waals surface area contributed by atoms with E-state index in [0.29, 0.717) is 16.5 Å². The molecule has 0 radical (unpaired) electrons. The number of rotatable bonds is 3. The Bertz CT molecular complexity index is 661. The predicted molar refractivity (Wildman–Crippen MR) is 88.0 cm³/mol. The minimum atomic E-state index is -1.29. The van der Waals surface area contributed by atoms with Crippen LogP contribution in [-0.4, -0.2) is 29.4 Å². The molecule has 21 heavy (non-hydrogen) atoms. The van der Waals surface area contributed by atoms with Crippen LogP contribution in [0.5, 0.6) is 0 Å². The second-order valence-corrected chi connectivity index (χ2v) is 8.30. The molecule has 112 valence electrons. The van der Waals surface area contributed by atoms with E-state index >= 15 is 0 Å². The smallest absolute Gasteiger partial charge is 0.173 e. The number of aromatic nitrogens is 3. The lowest BCUT2D eigenvalue weighted by Crippen LogP contribution is -2.26. The fraction of sp³-hybridized carbons (Fsp3) is 0.429. The summed E-state index contributed by atoms with van der Waals surface area (Å²) in [5, 5.41) is 0.692. The van der Waals surface area contributed by atoms with Crippen LogP contribution >= 0.6 is 11.5 Å². The second kappa shape index (κ2) is 6.21. The number of pyridine rings is 1.